The molecule has 1 spiro atoms. The molecule has 0 saturated carbocycles. The smallest absolute Gasteiger partial charge is 0.317 e. The number of nitrogens with one attached hydrogen (secondary N) is 1. The maximum atomic E-state index is 12.2. The summed E-state index contributed by atoms with van der Waals surface area (Å²) in [7, 11) is 0. The summed E-state index contributed by atoms with van der Waals surface area (Å²) in [5.41, 5.74) is 4.18. The van der Waals surface area contributed by atoms with E-state index in [1.807, 2.05) is 29.3 Å². The molecule has 28 heavy (non-hydrogen) atoms. The van der Waals surface area contributed by atoms with E-state index in [1.54, 1.807) is 0 Å². The number of hydrogen-bond donors (Lipinski definition) is 2. The van der Waals surface area contributed by atoms with E-state index in [1.165, 1.54) is 5.69 Å². The number of carbonyl (C=O) groups is 1. The van der Waals surface area contributed by atoms with Gasteiger partial charge in [0.05, 0.1) is 11.2 Å². The zero-order chi connectivity index (χ0) is 19.1. The highest BCUT2D eigenvalue weighted by Gasteiger charge is 2.51. The summed E-state index contributed by atoms with van der Waals surface area (Å²) in [5, 5.41) is 17.6. The molecule has 1 saturated heterocycles. The van der Waals surface area contributed by atoms with Crippen LogP contribution in [0.15, 0.2) is 42.6 Å². The second-order valence-corrected chi connectivity index (χ2v) is 7.75. The van der Waals surface area contributed by atoms with Gasteiger partial charge < -0.3 is 15.3 Å². The van der Waals surface area contributed by atoms with Crippen LogP contribution >= 0.6 is 0 Å². The zero-order valence-electron chi connectivity index (χ0n) is 15.6. The molecule has 0 unspecified atom stereocenters. The third-order valence-corrected chi connectivity index (χ3v) is 5.90. The van der Waals surface area contributed by atoms with Crippen LogP contribution in [-0.4, -0.2) is 57.0 Å². The number of nitrogens with zero attached hydrogens (tertiary/aromatic N) is 4. The number of para-hydroxylation sites is 1. The average Bonchev–Trinajstić information content (AvgIpc) is 3.26. The lowest BCUT2D eigenvalue weighted by Crippen LogP contribution is -2.62. The zero-order valence-corrected chi connectivity index (χ0v) is 15.6. The van der Waals surface area contributed by atoms with Gasteiger partial charge in [-0.25, -0.2) is 4.79 Å². The highest BCUT2D eigenvalue weighted by Crippen LogP contribution is 2.43. The summed E-state index contributed by atoms with van der Waals surface area (Å²) in [6, 6.07) is 12.3. The number of carbonyl (C=O) groups excluding carboxylic acids is 1. The number of amides is 2. The molecule has 0 radical (unpaired) electrons. The third kappa shape index (κ3) is 2.74. The molecule has 144 valence electrons. The van der Waals surface area contributed by atoms with Gasteiger partial charge >= 0.3 is 6.03 Å². The van der Waals surface area contributed by atoms with Crippen molar-refractivity contribution in [3.63, 3.8) is 0 Å². The first-order valence-electron chi connectivity index (χ1n) is 9.76. The largest absolute Gasteiger partial charge is 0.396 e. The fraction of sp³-hybridized carbons (Fsp3) is 0.381. The van der Waals surface area contributed by atoms with Gasteiger partial charge in [-0.05, 0) is 31.0 Å². The molecule has 0 atom stereocenters. The molecule has 2 amide bonds. The number of fused-ring (bicyclic) bond motifs is 3. The van der Waals surface area contributed by atoms with Gasteiger partial charge in [-0.3, -0.25) is 9.67 Å². The van der Waals surface area contributed by atoms with Gasteiger partial charge in [-0.2, -0.15) is 5.10 Å². The van der Waals surface area contributed by atoms with Crippen molar-refractivity contribution in [1.82, 2.24) is 25.0 Å². The molecule has 2 aliphatic rings. The van der Waals surface area contributed by atoms with Gasteiger partial charge in [0.15, 0.2) is 0 Å². The summed E-state index contributed by atoms with van der Waals surface area (Å²) in [6.07, 6.45) is 3.49. The lowest BCUT2D eigenvalue weighted by molar-refractivity contribution is 0.0919. The molecule has 2 aromatic heterocycles. The SMILES string of the molecule is O=C(NCCCO)N1CC2(CCn3nc(-c4cnc5ccccc5c4)cc32)C1. The van der Waals surface area contributed by atoms with Gasteiger partial charge in [0.1, 0.15) is 0 Å². The van der Waals surface area contributed by atoms with Crippen molar-refractivity contribution in [3.8, 4) is 11.3 Å². The Bertz CT molecular complexity index is 1040. The maximum Gasteiger partial charge on any atom is 0.317 e. The Morgan fingerprint density at radius 1 is 1.25 bits per heavy atom. The Labute approximate surface area is 163 Å². The second-order valence-electron chi connectivity index (χ2n) is 7.75. The normalized spacial score (nSPS) is 17.0. The Morgan fingerprint density at radius 3 is 2.96 bits per heavy atom. The van der Waals surface area contributed by atoms with E-state index >= 15 is 0 Å². The Hall–Kier alpha value is -2.93. The van der Waals surface area contributed by atoms with E-state index < -0.39 is 0 Å². The molecular formula is C21H23N5O2. The fourth-order valence-corrected chi connectivity index (χ4v) is 4.35. The number of aliphatic hydroxyl groups excluding tert-OH is 1. The van der Waals surface area contributed by atoms with Crippen molar-refractivity contribution in [2.24, 2.45) is 0 Å². The molecule has 7 heteroatoms. The number of pyridine rings is 1. The Kier molecular flexibility index (Phi) is 4.05. The molecule has 2 aliphatic heterocycles. The first kappa shape index (κ1) is 17.2. The number of urea groups is 1. The number of aryl methyl sites for hydroxylation is 1. The quantitative estimate of drug-likeness (QED) is 0.683. The molecule has 5 rings (SSSR count). The summed E-state index contributed by atoms with van der Waals surface area (Å²) >= 11 is 0. The summed E-state index contributed by atoms with van der Waals surface area (Å²) < 4.78 is 2.09. The lowest BCUT2D eigenvalue weighted by atomic mass is 9.76. The molecule has 3 aromatic rings. The summed E-state index contributed by atoms with van der Waals surface area (Å²) in [6.45, 7) is 2.93. The molecular weight excluding hydrogens is 354 g/mol. The number of hydrogen-bond acceptors (Lipinski definition) is 4. The van der Waals surface area contributed by atoms with E-state index in [0.29, 0.717) is 13.0 Å². The lowest BCUT2D eigenvalue weighted by Gasteiger charge is -2.47. The van der Waals surface area contributed by atoms with Crippen molar-refractivity contribution in [1.29, 1.82) is 0 Å². The molecule has 1 aromatic carbocycles. The Balaban J connectivity index is 1.34. The molecule has 7 nitrogen and oxygen atoms in total. The number of likely N-dealkylation sites (tertiary alicyclic amines) is 1. The predicted molar refractivity (Wildman–Crippen MR) is 106 cm³/mol. The van der Waals surface area contributed by atoms with E-state index in [2.05, 4.69) is 33.2 Å². The number of benzene rings is 1. The monoisotopic (exact) mass is 377 g/mol. The van der Waals surface area contributed by atoms with E-state index in [4.69, 9.17) is 10.2 Å². The minimum Gasteiger partial charge on any atom is -0.396 e. The molecule has 0 aliphatic carbocycles. The van der Waals surface area contributed by atoms with Crippen LogP contribution in [0.4, 0.5) is 4.79 Å². The van der Waals surface area contributed by atoms with Gasteiger partial charge in [-0.1, -0.05) is 18.2 Å². The van der Waals surface area contributed by atoms with Crippen molar-refractivity contribution in [3.05, 3.63) is 48.3 Å². The second kappa shape index (κ2) is 6.60. The first-order chi connectivity index (χ1) is 13.7. The van der Waals surface area contributed by atoms with Crippen molar-refractivity contribution in [2.45, 2.75) is 24.8 Å². The van der Waals surface area contributed by atoms with Crippen LogP contribution < -0.4 is 5.32 Å². The van der Waals surface area contributed by atoms with E-state index in [9.17, 15) is 4.79 Å². The third-order valence-electron chi connectivity index (χ3n) is 5.90. The molecule has 4 heterocycles. The van der Waals surface area contributed by atoms with Crippen LogP contribution in [-0.2, 0) is 12.0 Å². The molecule has 1 fully saturated rings. The fourth-order valence-electron chi connectivity index (χ4n) is 4.35. The van der Waals surface area contributed by atoms with Crippen LogP contribution in [0.3, 0.4) is 0 Å². The minimum absolute atomic E-state index is 0.0177. The van der Waals surface area contributed by atoms with Gasteiger partial charge in [0.2, 0.25) is 0 Å². The van der Waals surface area contributed by atoms with Gasteiger partial charge in [0.25, 0.3) is 0 Å². The van der Waals surface area contributed by atoms with E-state index in [-0.39, 0.29) is 18.1 Å². The summed E-state index contributed by atoms with van der Waals surface area (Å²) in [4.78, 5) is 18.6. The highest BCUT2D eigenvalue weighted by atomic mass is 16.3. The van der Waals surface area contributed by atoms with E-state index in [0.717, 1.165) is 48.2 Å². The predicted octanol–water partition coefficient (Wildman–Crippen LogP) is 2.15. The molecule has 2 N–H and O–H groups in total. The van der Waals surface area contributed by atoms with Crippen molar-refractivity contribution in [2.75, 3.05) is 26.2 Å². The van der Waals surface area contributed by atoms with Gasteiger partial charge in [-0.15, -0.1) is 0 Å². The maximum absolute atomic E-state index is 12.2. The van der Waals surface area contributed by atoms with Crippen molar-refractivity contribution < 1.29 is 9.90 Å². The first-order valence-corrected chi connectivity index (χ1v) is 9.76. The number of aromatic nitrogens is 3. The summed E-state index contributed by atoms with van der Waals surface area (Å²) in [5.74, 6) is 0. The topological polar surface area (TPSA) is 83.3 Å². The number of rotatable bonds is 4. The van der Waals surface area contributed by atoms with Crippen LogP contribution in [0.25, 0.3) is 22.2 Å². The Morgan fingerprint density at radius 2 is 2.11 bits per heavy atom. The van der Waals surface area contributed by atoms with Crippen LogP contribution in [0.1, 0.15) is 18.5 Å². The van der Waals surface area contributed by atoms with Crippen LogP contribution in [0.5, 0.6) is 0 Å². The average molecular weight is 377 g/mol. The van der Waals surface area contributed by atoms with Crippen molar-refractivity contribution >= 4 is 16.9 Å². The molecule has 0 bridgehead atoms. The van der Waals surface area contributed by atoms with Crippen LogP contribution in [0, 0.1) is 0 Å². The number of aliphatic hydroxyl groups is 1. The standard InChI is InChI=1S/C21H23N5O2/c27-9-3-7-22-20(28)25-13-21(14-25)6-8-26-19(21)11-18(24-26)16-10-15-4-1-2-5-17(15)23-12-16/h1-2,4-5,10-12,27H,3,6-9,13-14H2,(H,22,28). The van der Waals surface area contributed by atoms with Crippen LogP contribution in [0.2, 0.25) is 0 Å². The minimum atomic E-state index is -0.0454. The van der Waals surface area contributed by atoms with Gasteiger partial charge in [0, 0.05) is 61.0 Å². The highest BCUT2D eigenvalue weighted by molar-refractivity contribution is 5.83.